The highest BCUT2D eigenvalue weighted by Crippen LogP contribution is 2.22. The highest BCUT2D eigenvalue weighted by Gasteiger charge is 2.16. The third-order valence-electron chi connectivity index (χ3n) is 4.01. The standard InChI is InChI=1S/C20H21FN6OS/c1-13-18(19(28)25-10-15-3-2-8-24-9-15)29-20(26-13)17(22)12-27(23)11-14-4-6-16(21)7-5-14/h2-9,12H,10-11,22-23H2,1H3,(H,25,28)/b17-12-. The van der Waals surface area contributed by atoms with E-state index in [1.807, 2.05) is 12.1 Å². The first-order valence-corrected chi connectivity index (χ1v) is 9.62. The summed E-state index contributed by atoms with van der Waals surface area (Å²) in [6.45, 7) is 2.48. The first kappa shape index (κ1) is 20.4. The second-order valence-electron chi connectivity index (χ2n) is 6.36. The fourth-order valence-electron chi connectivity index (χ4n) is 2.58. The number of pyridine rings is 1. The molecule has 3 aromatic rings. The molecule has 2 aromatic heterocycles. The third kappa shape index (κ3) is 5.59. The number of amides is 1. The monoisotopic (exact) mass is 412 g/mol. The van der Waals surface area contributed by atoms with Gasteiger partial charge in [-0.1, -0.05) is 18.2 Å². The van der Waals surface area contributed by atoms with Crippen LogP contribution in [0.25, 0.3) is 5.70 Å². The van der Waals surface area contributed by atoms with E-state index in [0.29, 0.717) is 34.4 Å². The number of halogens is 1. The molecule has 29 heavy (non-hydrogen) atoms. The highest BCUT2D eigenvalue weighted by molar-refractivity contribution is 7.14. The van der Waals surface area contributed by atoms with Gasteiger partial charge in [-0.05, 0) is 36.2 Å². The van der Waals surface area contributed by atoms with E-state index < -0.39 is 0 Å². The molecule has 5 N–H and O–H groups in total. The lowest BCUT2D eigenvalue weighted by Gasteiger charge is -2.14. The number of aromatic nitrogens is 2. The molecular formula is C20H21FN6OS. The quantitative estimate of drug-likeness (QED) is 0.406. The summed E-state index contributed by atoms with van der Waals surface area (Å²) in [5, 5.41) is 4.75. The Bertz CT molecular complexity index is 1000. The van der Waals surface area contributed by atoms with Crippen LogP contribution in [0.5, 0.6) is 0 Å². The van der Waals surface area contributed by atoms with Crippen molar-refractivity contribution in [3.05, 3.63) is 87.5 Å². The first-order chi connectivity index (χ1) is 13.9. The Labute approximate surface area is 171 Å². The summed E-state index contributed by atoms with van der Waals surface area (Å²) in [4.78, 5) is 21.4. The lowest BCUT2D eigenvalue weighted by molar-refractivity contribution is 0.0954. The SMILES string of the molecule is Cc1nc(/C(N)=C/N(N)Cc2ccc(F)cc2)sc1C(=O)NCc1cccnc1. The molecule has 0 aliphatic heterocycles. The van der Waals surface area contributed by atoms with Crippen molar-refractivity contribution in [1.29, 1.82) is 0 Å². The van der Waals surface area contributed by atoms with Gasteiger partial charge in [0.05, 0.1) is 17.9 Å². The van der Waals surface area contributed by atoms with Crippen LogP contribution in [0.2, 0.25) is 0 Å². The Hall–Kier alpha value is -3.30. The minimum absolute atomic E-state index is 0.223. The summed E-state index contributed by atoms with van der Waals surface area (Å²) in [7, 11) is 0. The topological polar surface area (TPSA) is 110 Å². The summed E-state index contributed by atoms with van der Waals surface area (Å²) in [5.74, 6) is 5.44. The molecule has 0 aliphatic carbocycles. The predicted molar refractivity (Wildman–Crippen MR) is 111 cm³/mol. The van der Waals surface area contributed by atoms with Crippen molar-refractivity contribution in [2.45, 2.75) is 20.0 Å². The number of rotatable bonds is 7. The number of nitrogens with two attached hydrogens (primary N) is 2. The lowest BCUT2D eigenvalue weighted by Crippen LogP contribution is -2.25. The highest BCUT2D eigenvalue weighted by atomic mass is 32.1. The molecule has 7 nitrogen and oxygen atoms in total. The molecule has 0 aliphatic rings. The molecular weight excluding hydrogens is 391 g/mol. The smallest absolute Gasteiger partial charge is 0.263 e. The van der Waals surface area contributed by atoms with Gasteiger partial charge in [-0.25, -0.2) is 15.2 Å². The lowest BCUT2D eigenvalue weighted by atomic mass is 10.2. The molecule has 9 heteroatoms. The summed E-state index contributed by atoms with van der Waals surface area (Å²) >= 11 is 1.20. The number of aryl methyl sites for hydroxylation is 1. The minimum atomic E-state index is -0.306. The predicted octanol–water partition coefficient (Wildman–Crippen LogP) is 2.55. The van der Waals surface area contributed by atoms with Crippen molar-refractivity contribution in [3.63, 3.8) is 0 Å². The van der Waals surface area contributed by atoms with E-state index in [9.17, 15) is 9.18 Å². The fourth-order valence-corrected chi connectivity index (χ4v) is 3.48. The summed E-state index contributed by atoms with van der Waals surface area (Å²) in [6.07, 6.45) is 4.92. The molecule has 0 spiro atoms. The van der Waals surface area contributed by atoms with Crippen LogP contribution >= 0.6 is 11.3 Å². The van der Waals surface area contributed by atoms with Gasteiger partial charge >= 0.3 is 0 Å². The van der Waals surface area contributed by atoms with Gasteiger partial charge in [-0.15, -0.1) is 11.3 Å². The van der Waals surface area contributed by atoms with Gasteiger partial charge < -0.3 is 16.1 Å². The average Bonchev–Trinajstić information content (AvgIpc) is 3.10. The molecule has 0 bridgehead atoms. The molecule has 0 saturated heterocycles. The number of carbonyl (C=O) groups excluding carboxylic acids is 1. The summed E-state index contributed by atoms with van der Waals surface area (Å²) < 4.78 is 13.0. The summed E-state index contributed by atoms with van der Waals surface area (Å²) in [6, 6.07) is 9.74. The zero-order valence-electron chi connectivity index (χ0n) is 15.8. The van der Waals surface area contributed by atoms with Gasteiger partial charge in [0.1, 0.15) is 15.7 Å². The molecule has 150 valence electrons. The van der Waals surface area contributed by atoms with Gasteiger partial charge in [-0.2, -0.15) is 0 Å². The molecule has 1 aromatic carbocycles. The summed E-state index contributed by atoms with van der Waals surface area (Å²) in [5.41, 5.74) is 8.78. The van der Waals surface area contributed by atoms with E-state index in [0.717, 1.165) is 11.1 Å². The van der Waals surface area contributed by atoms with Crippen molar-refractivity contribution >= 4 is 22.9 Å². The molecule has 0 radical (unpaired) electrons. The Kier molecular flexibility index (Phi) is 6.53. The van der Waals surface area contributed by atoms with E-state index in [1.165, 1.54) is 28.5 Å². The van der Waals surface area contributed by atoms with E-state index in [2.05, 4.69) is 15.3 Å². The van der Waals surface area contributed by atoms with Crippen molar-refractivity contribution in [2.75, 3.05) is 0 Å². The van der Waals surface area contributed by atoms with E-state index in [-0.39, 0.29) is 11.7 Å². The van der Waals surface area contributed by atoms with Crippen LogP contribution in [0.1, 0.15) is 31.5 Å². The van der Waals surface area contributed by atoms with Crippen LogP contribution in [-0.4, -0.2) is 20.9 Å². The second kappa shape index (κ2) is 9.26. The number of benzene rings is 1. The van der Waals surface area contributed by atoms with Gasteiger partial charge in [0.15, 0.2) is 0 Å². The maximum absolute atomic E-state index is 13.0. The second-order valence-corrected chi connectivity index (χ2v) is 7.36. The van der Waals surface area contributed by atoms with Gasteiger partial charge in [-0.3, -0.25) is 9.78 Å². The number of carbonyl (C=O) groups is 1. The maximum atomic E-state index is 13.0. The number of nitrogens with one attached hydrogen (secondary N) is 1. The van der Waals surface area contributed by atoms with Crippen LogP contribution in [-0.2, 0) is 13.1 Å². The van der Waals surface area contributed by atoms with Crippen LogP contribution < -0.4 is 16.9 Å². The van der Waals surface area contributed by atoms with E-state index >= 15 is 0 Å². The third-order valence-corrected chi connectivity index (χ3v) is 5.21. The average molecular weight is 412 g/mol. The Morgan fingerprint density at radius 3 is 2.72 bits per heavy atom. The molecule has 0 fully saturated rings. The largest absolute Gasteiger partial charge is 0.395 e. The molecule has 0 unspecified atom stereocenters. The molecule has 2 heterocycles. The van der Waals surface area contributed by atoms with Crippen LogP contribution in [0.15, 0.2) is 55.0 Å². The minimum Gasteiger partial charge on any atom is -0.395 e. The molecule has 1 amide bonds. The van der Waals surface area contributed by atoms with Gasteiger partial charge in [0.2, 0.25) is 0 Å². The van der Waals surface area contributed by atoms with Gasteiger partial charge in [0, 0.05) is 25.1 Å². The number of thiazole rings is 1. The molecule has 0 atom stereocenters. The van der Waals surface area contributed by atoms with E-state index in [1.54, 1.807) is 37.7 Å². The normalized spacial score (nSPS) is 11.3. The number of hydrogen-bond acceptors (Lipinski definition) is 7. The van der Waals surface area contributed by atoms with Crippen molar-refractivity contribution in [1.82, 2.24) is 20.3 Å². The van der Waals surface area contributed by atoms with Gasteiger partial charge in [0.25, 0.3) is 5.91 Å². The number of nitrogens with zero attached hydrogens (tertiary/aromatic N) is 3. The Morgan fingerprint density at radius 1 is 1.28 bits per heavy atom. The Balaban J connectivity index is 1.65. The van der Waals surface area contributed by atoms with Crippen molar-refractivity contribution < 1.29 is 9.18 Å². The maximum Gasteiger partial charge on any atom is 0.263 e. The van der Waals surface area contributed by atoms with Crippen LogP contribution in [0, 0.1) is 12.7 Å². The Morgan fingerprint density at radius 2 is 2.03 bits per heavy atom. The van der Waals surface area contributed by atoms with Crippen LogP contribution in [0.3, 0.4) is 0 Å². The van der Waals surface area contributed by atoms with Crippen molar-refractivity contribution in [2.24, 2.45) is 11.6 Å². The fraction of sp³-hybridized carbons (Fsp3) is 0.150. The number of hydrazine groups is 1. The van der Waals surface area contributed by atoms with E-state index in [4.69, 9.17) is 11.6 Å². The zero-order valence-corrected chi connectivity index (χ0v) is 16.6. The molecule has 0 saturated carbocycles. The zero-order chi connectivity index (χ0) is 20.8. The first-order valence-electron chi connectivity index (χ1n) is 8.80. The van der Waals surface area contributed by atoms with Crippen LogP contribution in [0.4, 0.5) is 4.39 Å². The van der Waals surface area contributed by atoms with Crippen molar-refractivity contribution in [3.8, 4) is 0 Å². The number of hydrogen-bond donors (Lipinski definition) is 3. The molecule has 3 rings (SSSR count).